The number of aliphatic carboxylic acids is 1. The summed E-state index contributed by atoms with van der Waals surface area (Å²) in [6.45, 7) is -0.275. The molecule has 0 unspecified atom stereocenters. The third-order valence-electron chi connectivity index (χ3n) is 0.247. The normalized spacial score (nSPS) is 4.65. The molecule has 0 saturated heterocycles. The molecular weight excluding hydrogens is 376 g/mol. The SMILES string of the molecule is C[CH]C(=O)O.O=CO.O=CO.O=CO.O=CO.O=CO.O=CO.O=CO. The van der Waals surface area contributed by atoms with Crippen molar-refractivity contribution in [3.63, 3.8) is 0 Å². The van der Waals surface area contributed by atoms with Crippen molar-refractivity contribution in [1.82, 2.24) is 0 Å². The molecule has 0 bridgehead atoms. The number of carbonyl (C=O) groups is 8. The number of carboxylic acid groups (broad SMARTS) is 8. The Balaban J connectivity index is -0.0000000240. The van der Waals surface area contributed by atoms with Crippen LogP contribution in [0.5, 0.6) is 0 Å². The van der Waals surface area contributed by atoms with E-state index in [2.05, 4.69) is 0 Å². The maximum Gasteiger partial charge on any atom is 0.307 e. The van der Waals surface area contributed by atoms with Gasteiger partial charge in [-0.1, -0.05) is 6.92 Å². The quantitative estimate of drug-likeness (QED) is 0.227. The molecule has 0 atom stereocenters. The maximum absolute atomic E-state index is 9.31. The zero-order valence-electron chi connectivity index (χ0n) is 13.0. The Bertz CT molecular complexity index is 217. The average molecular weight is 395 g/mol. The number of rotatable bonds is 1. The molecule has 8 N–H and O–H groups in total. The Morgan fingerprint density at radius 3 is 0.538 bits per heavy atom. The molecule has 0 aliphatic heterocycles. The first-order valence-electron chi connectivity index (χ1n) is 4.75. The molecule has 0 fully saturated rings. The second-order valence-corrected chi connectivity index (χ2v) is 1.36. The second-order valence-electron chi connectivity index (χ2n) is 1.36. The zero-order valence-corrected chi connectivity index (χ0v) is 13.0. The summed E-state index contributed by atoms with van der Waals surface area (Å²) in [5.41, 5.74) is 0. The summed E-state index contributed by atoms with van der Waals surface area (Å²) in [5.74, 6) is -0.870. The van der Waals surface area contributed by atoms with Crippen molar-refractivity contribution in [2.24, 2.45) is 0 Å². The van der Waals surface area contributed by atoms with Crippen LogP contribution in [-0.4, -0.2) is 92.1 Å². The smallest absolute Gasteiger partial charge is 0.307 e. The first-order valence-corrected chi connectivity index (χ1v) is 4.75. The topological polar surface area (TPSA) is 298 Å². The largest absolute Gasteiger partial charge is 0.483 e. The van der Waals surface area contributed by atoms with Crippen LogP contribution < -0.4 is 0 Å². The van der Waals surface area contributed by atoms with Gasteiger partial charge in [-0.15, -0.1) is 0 Å². The summed E-state index contributed by atoms with van der Waals surface area (Å²) in [4.78, 5) is 67.8. The number of carboxylic acids is 1. The third kappa shape index (κ3) is 1390. The van der Waals surface area contributed by atoms with Gasteiger partial charge in [0, 0.05) is 0 Å². The first-order chi connectivity index (χ1) is 12.2. The first kappa shape index (κ1) is 49.5. The monoisotopic (exact) mass is 395 g/mol. The van der Waals surface area contributed by atoms with Crippen LogP contribution in [-0.2, 0) is 38.4 Å². The lowest BCUT2D eigenvalue weighted by molar-refractivity contribution is -0.133. The summed E-state index contributed by atoms with van der Waals surface area (Å²) in [5, 5.41) is 55.9. The lowest BCUT2D eigenvalue weighted by Crippen LogP contribution is -1.88. The van der Waals surface area contributed by atoms with Gasteiger partial charge >= 0.3 is 5.97 Å². The Hall–Kier alpha value is -4.24. The average Bonchev–Trinajstić information content (AvgIpc) is 2.53. The summed E-state index contributed by atoms with van der Waals surface area (Å²) in [7, 11) is 0. The Kier molecular flexibility index (Phi) is 338. The summed E-state index contributed by atoms with van der Waals surface area (Å²) in [6.07, 6.45) is 1.08. The van der Waals surface area contributed by atoms with E-state index in [1.165, 1.54) is 6.92 Å². The van der Waals surface area contributed by atoms with Gasteiger partial charge in [-0.2, -0.15) is 0 Å². The molecule has 0 aliphatic rings. The molecule has 155 valence electrons. The highest BCUT2D eigenvalue weighted by Gasteiger charge is 1.81. The van der Waals surface area contributed by atoms with Crippen molar-refractivity contribution < 1.29 is 79.2 Å². The van der Waals surface area contributed by atoms with Crippen LogP contribution in [0.25, 0.3) is 0 Å². The van der Waals surface area contributed by atoms with E-state index in [1.807, 2.05) is 0 Å². The van der Waals surface area contributed by atoms with Crippen LogP contribution in [0.15, 0.2) is 0 Å². The minimum atomic E-state index is -0.870. The maximum atomic E-state index is 9.31. The van der Waals surface area contributed by atoms with Gasteiger partial charge in [0.05, 0.1) is 6.42 Å². The molecular formula is C10H19O16. The minimum Gasteiger partial charge on any atom is -0.483 e. The molecule has 1 radical (unpaired) electrons. The van der Waals surface area contributed by atoms with Crippen molar-refractivity contribution >= 4 is 51.3 Å². The zero-order chi connectivity index (χ0) is 23.2. The lowest BCUT2D eigenvalue weighted by atomic mass is 10.5. The highest BCUT2D eigenvalue weighted by molar-refractivity contribution is 5.75. The van der Waals surface area contributed by atoms with Gasteiger partial charge in [0.15, 0.2) is 0 Å². The van der Waals surface area contributed by atoms with Gasteiger partial charge in [0.2, 0.25) is 0 Å². The van der Waals surface area contributed by atoms with Gasteiger partial charge < -0.3 is 40.9 Å². The fraction of sp³-hybridized carbons (Fsp3) is 0.100. The fourth-order valence-electron chi connectivity index (χ4n) is 0. The van der Waals surface area contributed by atoms with E-state index < -0.39 is 5.97 Å². The van der Waals surface area contributed by atoms with Crippen molar-refractivity contribution in [3.8, 4) is 0 Å². The summed E-state index contributed by atoms with van der Waals surface area (Å²) in [6, 6.07) is 0. The van der Waals surface area contributed by atoms with Crippen LogP contribution in [0, 0.1) is 6.42 Å². The van der Waals surface area contributed by atoms with E-state index >= 15 is 0 Å². The standard InChI is InChI=1S/C3H5O2.7CH2O2/c1-2-3(4)5;7*2-1-3/h2H,1H3,(H,4,5);7*1H,(H,2,3). The van der Waals surface area contributed by atoms with Gasteiger partial charge in [0.1, 0.15) is 0 Å². The van der Waals surface area contributed by atoms with Crippen LogP contribution in [0.2, 0.25) is 0 Å². The number of hydrogen-bond donors (Lipinski definition) is 8. The van der Waals surface area contributed by atoms with E-state index in [4.69, 9.17) is 74.4 Å². The van der Waals surface area contributed by atoms with Crippen LogP contribution in [0.3, 0.4) is 0 Å². The van der Waals surface area contributed by atoms with Gasteiger partial charge in [-0.25, -0.2) is 0 Å². The lowest BCUT2D eigenvalue weighted by Gasteiger charge is -1.71. The summed E-state index contributed by atoms with van der Waals surface area (Å²) >= 11 is 0. The van der Waals surface area contributed by atoms with Gasteiger partial charge in [0.25, 0.3) is 45.3 Å². The third-order valence-corrected chi connectivity index (χ3v) is 0.247. The molecule has 0 amide bonds. The summed E-state index contributed by atoms with van der Waals surface area (Å²) < 4.78 is 0. The van der Waals surface area contributed by atoms with Gasteiger partial charge in [-0.05, 0) is 0 Å². The molecule has 0 aliphatic carbocycles. The second kappa shape index (κ2) is 177. The predicted octanol–water partition coefficient (Wildman–Crippen LogP) is -1.80. The molecule has 26 heavy (non-hydrogen) atoms. The van der Waals surface area contributed by atoms with Crippen molar-refractivity contribution in [1.29, 1.82) is 0 Å². The van der Waals surface area contributed by atoms with Crippen molar-refractivity contribution in [2.75, 3.05) is 0 Å². The molecule has 0 heterocycles. The molecule has 0 aromatic carbocycles. The molecule has 16 heteroatoms. The Morgan fingerprint density at radius 2 is 0.538 bits per heavy atom. The van der Waals surface area contributed by atoms with Crippen LogP contribution in [0.4, 0.5) is 0 Å². The minimum absolute atomic E-state index is 0.250. The Labute approximate surface area is 145 Å². The van der Waals surface area contributed by atoms with Crippen molar-refractivity contribution in [3.05, 3.63) is 6.42 Å². The molecule has 0 aromatic rings. The van der Waals surface area contributed by atoms with E-state index in [1.54, 1.807) is 0 Å². The highest BCUT2D eigenvalue weighted by atomic mass is 16.4. The highest BCUT2D eigenvalue weighted by Crippen LogP contribution is 1.64. The molecule has 16 nitrogen and oxygen atoms in total. The molecule has 0 saturated carbocycles. The van der Waals surface area contributed by atoms with E-state index in [0.717, 1.165) is 6.42 Å². The van der Waals surface area contributed by atoms with E-state index in [9.17, 15) is 4.79 Å². The fourth-order valence-corrected chi connectivity index (χ4v) is 0. The van der Waals surface area contributed by atoms with E-state index in [0.29, 0.717) is 0 Å². The molecule has 0 spiro atoms. The molecule has 0 rings (SSSR count). The predicted molar refractivity (Wildman–Crippen MR) is 78.5 cm³/mol. The Morgan fingerprint density at radius 1 is 0.500 bits per heavy atom. The van der Waals surface area contributed by atoms with Crippen LogP contribution in [0.1, 0.15) is 6.92 Å². The number of hydrogen-bond acceptors (Lipinski definition) is 8. The van der Waals surface area contributed by atoms with E-state index in [-0.39, 0.29) is 45.3 Å². The van der Waals surface area contributed by atoms with Crippen molar-refractivity contribution in [2.45, 2.75) is 6.92 Å². The van der Waals surface area contributed by atoms with Crippen LogP contribution >= 0.6 is 0 Å². The van der Waals surface area contributed by atoms with Gasteiger partial charge in [-0.3, -0.25) is 38.4 Å². The molecule has 0 aromatic heterocycles.